The van der Waals surface area contributed by atoms with Crippen molar-refractivity contribution in [3.8, 4) is 5.75 Å². The first-order chi connectivity index (χ1) is 17.3. The average Bonchev–Trinajstić information content (AvgIpc) is 3.37. The smallest absolute Gasteiger partial charge is 0.336 e. The molecule has 9 nitrogen and oxygen atoms in total. The van der Waals surface area contributed by atoms with Crippen molar-refractivity contribution in [2.75, 3.05) is 24.6 Å². The van der Waals surface area contributed by atoms with Gasteiger partial charge in [-0.15, -0.1) is 10.2 Å². The Morgan fingerprint density at radius 2 is 1.92 bits per heavy atom. The molecule has 0 bridgehead atoms. The molecule has 2 aromatic carbocycles. The van der Waals surface area contributed by atoms with Crippen molar-refractivity contribution in [1.29, 1.82) is 0 Å². The molecule has 2 heterocycles. The van der Waals surface area contributed by atoms with Gasteiger partial charge in [0.25, 0.3) is 0 Å². The van der Waals surface area contributed by atoms with E-state index in [1.807, 2.05) is 58.0 Å². The van der Waals surface area contributed by atoms with Gasteiger partial charge in [-0.3, -0.25) is 4.57 Å². The standard InChI is InChI=1S/C27H28N6O3/c1-7-32(12-13-34)20-9-10-21(17(3)15-20)29-26-24(28-6)23(25-31-30-19(5)33(25)26)27(35)36-22-11-8-16(2)14-18(22)4/h8-11,14-15,34H,7,12-13H2,1-5H3. The van der Waals surface area contributed by atoms with E-state index in [0.717, 1.165) is 28.9 Å². The van der Waals surface area contributed by atoms with Crippen LogP contribution in [0.1, 0.15) is 35.3 Å². The average molecular weight is 485 g/mol. The summed E-state index contributed by atoms with van der Waals surface area (Å²) >= 11 is 0. The zero-order valence-electron chi connectivity index (χ0n) is 21.0. The molecule has 0 saturated carbocycles. The highest BCUT2D eigenvalue weighted by atomic mass is 16.5. The second-order valence-electron chi connectivity index (χ2n) is 8.61. The van der Waals surface area contributed by atoms with Crippen LogP contribution in [0.2, 0.25) is 0 Å². The van der Waals surface area contributed by atoms with Crippen LogP contribution in [0, 0.1) is 34.3 Å². The fraction of sp³-hybridized carbons (Fsp3) is 0.296. The van der Waals surface area contributed by atoms with Crippen molar-refractivity contribution in [3.05, 3.63) is 81.9 Å². The van der Waals surface area contributed by atoms with E-state index in [9.17, 15) is 9.90 Å². The molecule has 1 aliphatic rings. The zero-order valence-corrected chi connectivity index (χ0v) is 21.0. The van der Waals surface area contributed by atoms with E-state index in [0.29, 0.717) is 23.8 Å². The van der Waals surface area contributed by atoms with Crippen molar-refractivity contribution < 1.29 is 14.6 Å². The molecular formula is C27H28N6O3. The highest BCUT2D eigenvalue weighted by Gasteiger charge is 2.37. The molecule has 0 aliphatic carbocycles. The molecule has 0 spiro atoms. The molecule has 1 aliphatic heterocycles. The third kappa shape index (κ3) is 4.51. The van der Waals surface area contributed by atoms with Gasteiger partial charge in [0.05, 0.1) is 18.9 Å². The maximum Gasteiger partial charge on any atom is 0.336 e. The molecule has 0 atom stereocenters. The van der Waals surface area contributed by atoms with Crippen molar-refractivity contribution in [2.45, 2.75) is 34.6 Å². The number of aliphatic hydroxyl groups excluding tert-OH is 1. The number of hydrogen-bond donors (Lipinski definition) is 1. The first-order valence-electron chi connectivity index (χ1n) is 11.7. The van der Waals surface area contributed by atoms with Gasteiger partial charge in [0, 0.05) is 18.8 Å². The van der Waals surface area contributed by atoms with Crippen LogP contribution in [-0.2, 0) is 4.79 Å². The molecule has 4 rings (SSSR count). The summed E-state index contributed by atoms with van der Waals surface area (Å²) in [6.07, 6.45) is 0. The van der Waals surface area contributed by atoms with Crippen LogP contribution in [0.15, 0.2) is 47.1 Å². The van der Waals surface area contributed by atoms with Gasteiger partial charge in [0.2, 0.25) is 5.70 Å². The lowest BCUT2D eigenvalue weighted by atomic mass is 10.1. The van der Waals surface area contributed by atoms with Gasteiger partial charge in [0.15, 0.2) is 5.82 Å². The van der Waals surface area contributed by atoms with Gasteiger partial charge >= 0.3 is 5.97 Å². The summed E-state index contributed by atoms with van der Waals surface area (Å²) in [6.45, 7) is 18.7. The molecule has 0 unspecified atom stereocenters. The minimum absolute atomic E-state index is 0.0405. The van der Waals surface area contributed by atoms with Gasteiger partial charge in [0.1, 0.15) is 23.0 Å². The predicted octanol–water partition coefficient (Wildman–Crippen LogP) is 4.16. The Bertz CT molecular complexity index is 1440. The minimum atomic E-state index is -0.679. The molecule has 0 amide bonds. The molecule has 3 aromatic rings. The third-order valence-corrected chi connectivity index (χ3v) is 6.08. The van der Waals surface area contributed by atoms with Gasteiger partial charge < -0.3 is 14.7 Å². The Hall–Kier alpha value is -4.29. The number of aliphatic imine (C=N–C) groups is 1. The van der Waals surface area contributed by atoms with E-state index in [1.54, 1.807) is 17.6 Å². The Balaban J connectivity index is 1.77. The summed E-state index contributed by atoms with van der Waals surface area (Å²) in [5, 5.41) is 17.6. The van der Waals surface area contributed by atoms with Crippen LogP contribution in [0.4, 0.5) is 11.4 Å². The molecular weight excluding hydrogens is 456 g/mol. The van der Waals surface area contributed by atoms with Crippen molar-refractivity contribution in [1.82, 2.24) is 14.8 Å². The predicted molar refractivity (Wildman–Crippen MR) is 138 cm³/mol. The van der Waals surface area contributed by atoms with Crippen LogP contribution in [0.25, 0.3) is 10.4 Å². The number of aryl methyl sites for hydroxylation is 4. The summed E-state index contributed by atoms with van der Waals surface area (Å²) in [4.78, 5) is 23.8. The molecule has 0 fully saturated rings. The molecule has 184 valence electrons. The van der Waals surface area contributed by atoms with Gasteiger partial charge in [-0.2, -0.15) is 0 Å². The number of allylic oxidation sites excluding steroid dienone is 1. The van der Waals surface area contributed by atoms with E-state index in [4.69, 9.17) is 16.3 Å². The van der Waals surface area contributed by atoms with Gasteiger partial charge in [-0.25, -0.2) is 14.6 Å². The SMILES string of the molecule is [C-]#[N+]C1=C(C(=O)Oc2ccc(C)cc2C)c2nnc(C)n2C1=Nc1ccc(N(CC)CCO)cc1C. The fourth-order valence-corrected chi connectivity index (χ4v) is 4.23. The maximum atomic E-state index is 13.3. The lowest BCUT2D eigenvalue weighted by Crippen LogP contribution is -2.26. The number of carbonyl (C=O) groups is 1. The Morgan fingerprint density at radius 1 is 1.14 bits per heavy atom. The lowest BCUT2D eigenvalue weighted by Gasteiger charge is -2.22. The quantitative estimate of drug-likeness (QED) is 0.307. The Morgan fingerprint density at radius 3 is 2.56 bits per heavy atom. The molecule has 36 heavy (non-hydrogen) atoms. The van der Waals surface area contributed by atoms with Crippen LogP contribution in [0.3, 0.4) is 0 Å². The number of anilines is 1. The van der Waals surface area contributed by atoms with E-state index in [2.05, 4.69) is 19.9 Å². The number of rotatable bonds is 7. The van der Waals surface area contributed by atoms with Crippen molar-refractivity contribution in [2.24, 2.45) is 4.99 Å². The van der Waals surface area contributed by atoms with E-state index >= 15 is 0 Å². The summed E-state index contributed by atoms with van der Waals surface area (Å²) in [7, 11) is 0. The summed E-state index contributed by atoms with van der Waals surface area (Å²) in [5.41, 5.74) is 4.49. The van der Waals surface area contributed by atoms with Crippen LogP contribution >= 0.6 is 0 Å². The summed E-state index contributed by atoms with van der Waals surface area (Å²) in [5.74, 6) is 0.774. The van der Waals surface area contributed by atoms with Gasteiger partial charge in [-0.05, 0) is 70.0 Å². The number of aliphatic hydroxyl groups is 1. The Labute approximate surface area is 210 Å². The molecule has 1 aromatic heterocycles. The largest absolute Gasteiger partial charge is 0.423 e. The third-order valence-electron chi connectivity index (χ3n) is 6.08. The molecule has 1 N–H and O–H groups in total. The highest BCUT2D eigenvalue weighted by molar-refractivity contribution is 6.29. The number of ether oxygens (including phenoxy) is 1. The first kappa shape index (κ1) is 24.8. The van der Waals surface area contributed by atoms with E-state index < -0.39 is 5.97 Å². The van der Waals surface area contributed by atoms with E-state index in [1.165, 1.54) is 0 Å². The molecule has 9 heteroatoms. The molecule has 0 radical (unpaired) electrons. The Kier molecular flexibility index (Phi) is 6.99. The lowest BCUT2D eigenvalue weighted by molar-refractivity contribution is -0.128. The number of likely N-dealkylation sites (N-methyl/N-ethyl adjacent to an activating group) is 1. The monoisotopic (exact) mass is 484 g/mol. The number of benzene rings is 2. The number of fused-ring (bicyclic) bond motifs is 1. The van der Waals surface area contributed by atoms with Crippen LogP contribution in [-0.4, -0.2) is 51.4 Å². The van der Waals surface area contributed by atoms with Crippen molar-refractivity contribution in [3.63, 3.8) is 0 Å². The van der Waals surface area contributed by atoms with Crippen molar-refractivity contribution >= 4 is 28.8 Å². The fourth-order valence-electron chi connectivity index (χ4n) is 4.23. The summed E-state index contributed by atoms with van der Waals surface area (Å²) in [6, 6.07) is 11.3. The number of hydrogen-bond acceptors (Lipinski definition) is 7. The number of aromatic nitrogens is 3. The van der Waals surface area contributed by atoms with Crippen LogP contribution in [0.5, 0.6) is 5.75 Å². The van der Waals surface area contributed by atoms with Gasteiger partial charge in [-0.1, -0.05) is 17.7 Å². The number of carbonyl (C=O) groups excluding carboxylic acids is 1. The molecule has 0 saturated heterocycles. The summed E-state index contributed by atoms with van der Waals surface area (Å²) < 4.78 is 7.29. The zero-order chi connectivity index (χ0) is 26.0. The number of esters is 1. The first-order valence-corrected chi connectivity index (χ1v) is 11.7. The van der Waals surface area contributed by atoms with E-state index in [-0.39, 0.29) is 29.5 Å². The number of nitrogens with zero attached hydrogens (tertiary/aromatic N) is 6. The maximum absolute atomic E-state index is 13.3. The topological polar surface area (TPSA) is 97.2 Å². The highest BCUT2D eigenvalue weighted by Crippen LogP contribution is 2.34. The normalized spacial score (nSPS) is 13.6. The minimum Gasteiger partial charge on any atom is -0.423 e. The second-order valence-corrected chi connectivity index (χ2v) is 8.61. The second kappa shape index (κ2) is 10.1. The van der Waals surface area contributed by atoms with Crippen LogP contribution < -0.4 is 9.64 Å².